The van der Waals surface area contributed by atoms with Crippen LogP contribution in [0.1, 0.15) is 24.0 Å². The van der Waals surface area contributed by atoms with E-state index in [0.717, 1.165) is 24.0 Å². The maximum absolute atomic E-state index is 12.5. The fourth-order valence-electron chi connectivity index (χ4n) is 2.41. The number of rotatable bonds is 3. The van der Waals surface area contributed by atoms with Gasteiger partial charge < -0.3 is 5.73 Å². The molecule has 1 aliphatic rings. The molecule has 4 nitrogen and oxygen atoms in total. The van der Waals surface area contributed by atoms with Gasteiger partial charge in [-0.05, 0) is 62.4 Å². The molecule has 2 N–H and O–H groups in total. The molecule has 0 bridgehead atoms. The summed E-state index contributed by atoms with van der Waals surface area (Å²) >= 11 is 0. The van der Waals surface area contributed by atoms with Gasteiger partial charge in [0, 0.05) is 13.1 Å². The summed E-state index contributed by atoms with van der Waals surface area (Å²) in [5, 5.41) is 0. The fourth-order valence-corrected chi connectivity index (χ4v) is 3.96. The molecule has 20 heavy (non-hydrogen) atoms. The van der Waals surface area contributed by atoms with Crippen LogP contribution < -0.4 is 5.73 Å². The third-order valence-corrected chi connectivity index (χ3v) is 5.92. The van der Waals surface area contributed by atoms with Crippen molar-refractivity contribution < 1.29 is 8.42 Å². The highest BCUT2D eigenvalue weighted by Gasteiger charge is 2.28. The van der Waals surface area contributed by atoms with E-state index in [1.54, 1.807) is 16.4 Å². The van der Waals surface area contributed by atoms with Crippen molar-refractivity contribution in [3.8, 4) is 0 Å². The summed E-state index contributed by atoms with van der Waals surface area (Å²) in [5.74, 6) is 0.464. The van der Waals surface area contributed by atoms with Crippen LogP contribution in [0.4, 0.5) is 0 Å². The van der Waals surface area contributed by atoms with E-state index in [2.05, 4.69) is 0 Å². The lowest BCUT2D eigenvalue weighted by atomic mass is 9.99. The average molecular weight is 319 g/mol. The van der Waals surface area contributed by atoms with Crippen LogP contribution in [0, 0.1) is 19.8 Å². The zero-order valence-electron chi connectivity index (χ0n) is 12.0. The summed E-state index contributed by atoms with van der Waals surface area (Å²) in [6.07, 6.45) is 1.72. The van der Waals surface area contributed by atoms with Crippen LogP contribution in [-0.4, -0.2) is 32.4 Å². The highest BCUT2D eigenvalue weighted by Crippen LogP contribution is 2.24. The number of nitrogens with zero attached hydrogens (tertiary/aromatic N) is 1. The van der Waals surface area contributed by atoms with Gasteiger partial charge >= 0.3 is 0 Å². The van der Waals surface area contributed by atoms with E-state index in [-0.39, 0.29) is 12.4 Å². The maximum Gasteiger partial charge on any atom is 0.243 e. The molecule has 114 valence electrons. The molecule has 1 aromatic rings. The number of aryl methyl sites for hydroxylation is 2. The molecule has 0 radical (unpaired) electrons. The summed E-state index contributed by atoms with van der Waals surface area (Å²) in [6, 6.07) is 5.33. The largest absolute Gasteiger partial charge is 0.330 e. The van der Waals surface area contributed by atoms with Crippen LogP contribution in [0.5, 0.6) is 0 Å². The molecular weight excluding hydrogens is 296 g/mol. The quantitative estimate of drug-likeness (QED) is 0.928. The summed E-state index contributed by atoms with van der Waals surface area (Å²) in [4.78, 5) is 0.404. The van der Waals surface area contributed by atoms with Crippen LogP contribution in [0.15, 0.2) is 23.1 Å². The van der Waals surface area contributed by atoms with Crippen molar-refractivity contribution >= 4 is 22.4 Å². The first-order valence-electron chi connectivity index (χ1n) is 6.72. The summed E-state index contributed by atoms with van der Waals surface area (Å²) in [6.45, 7) is 5.74. The highest BCUT2D eigenvalue weighted by atomic mass is 35.5. The molecule has 1 heterocycles. The van der Waals surface area contributed by atoms with Gasteiger partial charge in [0.1, 0.15) is 0 Å². The van der Waals surface area contributed by atoms with Crippen LogP contribution >= 0.6 is 12.4 Å². The number of halogens is 1. The number of sulfonamides is 1. The molecule has 0 atom stereocenters. The highest BCUT2D eigenvalue weighted by molar-refractivity contribution is 7.89. The number of benzene rings is 1. The minimum atomic E-state index is -3.34. The molecule has 0 saturated carbocycles. The van der Waals surface area contributed by atoms with Crippen LogP contribution in [-0.2, 0) is 10.0 Å². The topological polar surface area (TPSA) is 63.4 Å². The van der Waals surface area contributed by atoms with Crippen molar-refractivity contribution in [3.05, 3.63) is 29.3 Å². The van der Waals surface area contributed by atoms with E-state index >= 15 is 0 Å². The predicted molar refractivity (Wildman–Crippen MR) is 83.7 cm³/mol. The molecule has 1 aromatic carbocycles. The normalized spacial score (nSPS) is 17.8. The lowest BCUT2D eigenvalue weighted by Crippen LogP contribution is -2.40. The third-order valence-electron chi connectivity index (χ3n) is 4.02. The first kappa shape index (κ1) is 17.4. The maximum atomic E-state index is 12.5. The lowest BCUT2D eigenvalue weighted by molar-refractivity contribution is 0.278. The van der Waals surface area contributed by atoms with Gasteiger partial charge in [0.2, 0.25) is 10.0 Å². The molecule has 2 rings (SSSR count). The van der Waals surface area contributed by atoms with Gasteiger partial charge in [-0.1, -0.05) is 6.07 Å². The van der Waals surface area contributed by atoms with Gasteiger partial charge in [-0.2, -0.15) is 4.31 Å². The van der Waals surface area contributed by atoms with E-state index in [1.807, 2.05) is 19.9 Å². The Bertz CT molecular complexity index is 552. The predicted octanol–water partition coefficient (Wildman–Crippen LogP) is 2.08. The minimum Gasteiger partial charge on any atom is -0.330 e. The Labute approximate surface area is 127 Å². The van der Waals surface area contributed by atoms with Gasteiger partial charge in [0.05, 0.1) is 4.90 Å². The van der Waals surface area contributed by atoms with E-state index in [9.17, 15) is 8.42 Å². The zero-order chi connectivity index (χ0) is 14.0. The zero-order valence-corrected chi connectivity index (χ0v) is 13.6. The second-order valence-electron chi connectivity index (χ2n) is 5.33. The Morgan fingerprint density at radius 2 is 1.80 bits per heavy atom. The molecule has 1 saturated heterocycles. The van der Waals surface area contributed by atoms with E-state index in [0.29, 0.717) is 30.4 Å². The average Bonchev–Trinajstić information content (AvgIpc) is 2.41. The van der Waals surface area contributed by atoms with Gasteiger partial charge in [-0.15, -0.1) is 12.4 Å². The van der Waals surface area contributed by atoms with Crippen molar-refractivity contribution in [1.82, 2.24) is 4.31 Å². The second kappa shape index (κ2) is 6.89. The summed E-state index contributed by atoms with van der Waals surface area (Å²) in [5.41, 5.74) is 7.76. The first-order chi connectivity index (χ1) is 8.95. The van der Waals surface area contributed by atoms with Crippen molar-refractivity contribution in [2.75, 3.05) is 19.6 Å². The lowest BCUT2D eigenvalue weighted by Gasteiger charge is -2.30. The van der Waals surface area contributed by atoms with E-state index in [4.69, 9.17) is 5.73 Å². The van der Waals surface area contributed by atoms with Gasteiger partial charge in [0.25, 0.3) is 0 Å². The Kier molecular flexibility index (Phi) is 6.01. The smallest absolute Gasteiger partial charge is 0.243 e. The molecule has 0 amide bonds. The number of piperidine rings is 1. The Balaban J connectivity index is 0.00000200. The SMILES string of the molecule is Cc1ccc(S(=O)(=O)N2CCC(CN)CC2)cc1C.Cl. The molecule has 6 heteroatoms. The van der Waals surface area contributed by atoms with Crippen molar-refractivity contribution in [2.24, 2.45) is 11.7 Å². The molecule has 0 spiro atoms. The molecule has 0 unspecified atom stereocenters. The fraction of sp³-hybridized carbons (Fsp3) is 0.571. The second-order valence-corrected chi connectivity index (χ2v) is 7.27. The van der Waals surface area contributed by atoms with Crippen molar-refractivity contribution in [3.63, 3.8) is 0 Å². The number of hydrogen-bond donors (Lipinski definition) is 1. The Morgan fingerprint density at radius 3 is 2.30 bits per heavy atom. The van der Waals surface area contributed by atoms with Gasteiger partial charge in [0.15, 0.2) is 0 Å². The monoisotopic (exact) mass is 318 g/mol. The molecule has 1 aliphatic heterocycles. The minimum absolute atomic E-state index is 0. The van der Waals surface area contributed by atoms with E-state index in [1.165, 1.54) is 0 Å². The molecule has 1 fully saturated rings. The molecule has 0 aromatic heterocycles. The summed E-state index contributed by atoms with van der Waals surface area (Å²) in [7, 11) is -3.34. The third kappa shape index (κ3) is 3.52. The van der Waals surface area contributed by atoms with Crippen molar-refractivity contribution in [1.29, 1.82) is 0 Å². The Morgan fingerprint density at radius 1 is 1.20 bits per heavy atom. The standard InChI is InChI=1S/C14H22N2O2S.ClH/c1-11-3-4-14(9-12(11)2)19(17,18)16-7-5-13(10-15)6-8-16;/h3-4,9,13H,5-8,10,15H2,1-2H3;1H. The van der Waals surface area contributed by atoms with Crippen molar-refractivity contribution in [2.45, 2.75) is 31.6 Å². The van der Waals surface area contributed by atoms with Crippen LogP contribution in [0.3, 0.4) is 0 Å². The summed E-state index contributed by atoms with van der Waals surface area (Å²) < 4.78 is 26.7. The van der Waals surface area contributed by atoms with Gasteiger partial charge in [-0.3, -0.25) is 0 Å². The van der Waals surface area contributed by atoms with Crippen LogP contribution in [0.25, 0.3) is 0 Å². The van der Waals surface area contributed by atoms with Gasteiger partial charge in [-0.25, -0.2) is 8.42 Å². The number of hydrogen-bond acceptors (Lipinski definition) is 3. The van der Waals surface area contributed by atoms with E-state index < -0.39 is 10.0 Å². The molecule has 0 aliphatic carbocycles. The van der Waals surface area contributed by atoms with Crippen LogP contribution in [0.2, 0.25) is 0 Å². The first-order valence-corrected chi connectivity index (χ1v) is 8.16. The molecular formula is C14H23ClN2O2S. The number of nitrogens with two attached hydrogens (primary N) is 1. The Hall–Kier alpha value is -0.620.